The van der Waals surface area contributed by atoms with Gasteiger partial charge < -0.3 is 15.6 Å². The van der Waals surface area contributed by atoms with Crippen LogP contribution in [0.2, 0.25) is 0 Å². The van der Waals surface area contributed by atoms with Crippen LogP contribution in [-0.4, -0.2) is 39.9 Å². The van der Waals surface area contributed by atoms with Crippen molar-refractivity contribution in [2.45, 2.75) is 38.6 Å². The van der Waals surface area contributed by atoms with Crippen LogP contribution in [0.1, 0.15) is 30.7 Å². The number of para-hydroxylation sites is 1. The third kappa shape index (κ3) is 3.08. The second-order valence-corrected chi connectivity index (χ2v) is 5.90. The molecule has 21 heavy (non-hydrogen) atoms. The molecule has 1 aliphatic heterocycles. The highest BCUT2D eigenvalue weighted by molar-refractivity contribution is 5.79. The van der Waals surface area contributed by atoms with Gasteiger partial charge in [-0.15, -0.1) is 0 Å². The Morgan fingerprint density at radius 3 is 3.14 bits per heavy atom. The lowest BCUT2D eigenvalue weighted by atomic mass is 10.1. The summed E-state index contributed by atoms with van der Waals surface area (Å²) in [6.07, 6.45) is 3.17. The quantitative estimate of drug-likeness (QED) is 0.902. The summed E-state index contributed by atoms with van der Waals surface area (Å²) in [5.74, 6) is 1.07. The van der Waals surface area contributed by atoms with E-state index in [0.29, 0.717) is 19.4 Å². The van der Waals surface area contributed by atoms with Crippen molar-refractivity contribution in [1.82, 2.24) is 14.9 Å². The molecule has 3 N–H and O–H groups in total. The number of benzene rings is 1. The van der Waals surface area contributed by atoms with Crippen LogP contribution in [0, 0.1) is 6.92 Å². The van der Waals surface area contributed by atoms with Gasteiger partial charge in [0.2, 0.25) is 5.91 Å². The number of piperidine rings is 1. The SMILES string of the molecule is Cc1cccc2[nH]c(CCC(=O)N3CCC[C@@H](N)C3)nc12. The van der Waals surface area contributed by atoms with E-state index in [-0.39, 0.29) is 11.9 Å². The number of nitrogens with zero attached hydrogens (tertiary/aromatic N) is 2. The fraction of sp³-hybridized carbons (Fsp3) is 0.500. The number of H-pyrrole nitrogens is 1. The number of aromatic nitrogens is 2. The lowest BCUT2D eigenvalue weighted by Gasteiger charge is -2.30. The maximum Gasteiger partial charge on any atom is 0.223 e. The Morgan fingerprint density at radius 1 is 1.52 bits per heavy atom. The number of hydrogen-bond donors (Lipinski definition) is 2. The standard InChI is InChI=1S/C16H22N4O/c1-11-4-2-6-13-16(11)19-14(18-13)7-8-15(21)20-9-3-5-12(17)10-20/h2,4,6,12H,3,5,7-10,17H2,1H3,(H,18,19)/t12-/m1/s1. The fourth-order valence-electron chi connectivity index (χ4n) is 2.96. The lowest BCUT2D eigenvalue weighted by Crippen LogP contribution is -2.45. The molecule has 1 aromatic carbocycles. The maximum atomic E-state index is 12.2. The molecule has 2 aromatic rings. The molecule has 0 radical (unpaired) electrons. The van der Waals surface area contributed by atoms with E-state index in [1.54, 1.807) is 0 Å². The molecule has 1 aliphatic rings. The molecule has 0 saturated carbocycles. The second-order valence-electron chi connectivity index (χ2n) is 5.90. The van der Waals surface area contributed by atoms with E-state index >= 15 is 0 Å². The van der Waals surface area contributed by atoms with Gasteiger partial charge in [-0.25, -0.2) is 4.98 Å². The van der Waals surface area contributed by atoms with Crippen molar-refractivity contribution in [2.75, 3.05) is 13.1 Å². The molecular weight excluding hydrogens is 264 g/mol. The third-order valence-corrected chi connectivity index (χ3v) is 4.15. The van der Waals surface area contributed by atoms with Crippen LogP contribution in [-0.2, 0) is 11.2 Å². The predicted octanol–water partition coefficient (Wildman–Crippen LogP) is 1.75. The summed E-state index contributed by atoms with van der Waals surface area (Å²) < 4.78 is 0. The van der Waals surface area contributed by atoms with E-state index in [0.717, 1.165) is 41.8 Å². The zero-order valence-corrected chi connectivity index (χ0v) is 12.4. The van der Waals surface area contributed by atoms with Crippen LogP contribution < -0.4 is 5.73 Å². The molecule has 0 spiro atoms. The largest absolute Gasteiger partial charge is 0.342 e. The van der Waals surface area contributed by atoms with Gasteiger partial charge >= 0.3 is 0 Å². The summed E-state index contributed by atoms with van der Waals surface area (Å²) >= 11 is 0. The van der Waals surface area contributed by atoms with Crippen molar-refractivity contribution in [3.63, 3.8) is 0 Å². The van der Waals surface area contributed by atoms with E-state index in [1.165, 1.54) is 0 Å². The van der Waals surface area contributed by atoms with E-state index in [4.69, 9.17) is 5.73 Å². The first-order chi connectivity index (χ1) is 10.1. The average molecular weight is 286 g/mol. The van der Waals surface area contributed by atoms with Crippen molar-refractivity contribution < 1.29 is 4.79 Å². The minimum Gasteiger partial charge on any atom is -0.342 e. The number of hydrogen-bond acceptors (Lipinski definition) is 3. The Labute approximate surface area is 124 Å². The number of carbonyl (C=O) groups is 1. The monoisotopic (exact) mass is 286 g/mol. The summed E-state index contributed by atoms with van der Waals surface area (Å²) in [6, 6.07) is 6.22. The first kappa shape index (κ1) is 14.1. The lowest BCUT2D eigenvalue weighted by molar-refractivity contribution is -0.132. The Balaban J connectivity index is 1.63. The van der Waals surface area contributed by atoms with Gasteiger partial charge in [0.1, 0.15) is 5.82 Å². The van der Waals surface area contributed by atoms with Gasteiger partial charge in [-0.05, 0) is 31.4 Å². The van der Waals surface area contributed by atoms with Crippen LogP contribution in [0.15, 0.2) is 18.2 Å². The predicted molar refractivity (Wildman–Crippen MR) is 82.9 cm³/mol. The number of aromatic amines is 1. The molecule has 1 atom stereocenters. The van der Waals surface area contributed by atoms with Crippen molar-refractivity contribution in [2.24, 2.45) is 5.73 Å². The summed E-state index contributed by atoms with van der Waals surface area (Å²) in [4.78, 5) is 22.0. The fourth-order valence-corrected chi connectivity index (χ4v) is 2.96. The number of likely N-dealkylation sites (tertiary alicyclic amines) is 1. The number of fused-ring (bicyclic) bond motifs is 1. The number of rotatable bonds is 3. The number of imidazole rings is 1. The number of nitrogens with two attached hydrogens (primary N) is 1. The van der Waals surface area contributed by atoms with Crippen molar-refractivity contribution in [1.29, 1.82) is 0 Å². The highest BCUT2D eigenvalue weighted by Crippen LogP contribution is 2.17. The summed E-state index contributed by atoms with van der Waals surface area (Å²) in [5, 5.41) is 0. The number of carbonyl (C=O) groups excluding carboxylic acids is 1. The Hall–Kier alpha value is -1.88. The van der Waals surface area contributed by atoms with E-state index in [1.807, 2.05) is 30.0 Å². The summed E-state index contributed by atoms with van der Waals surface area (Å²) in [6.45, 7) is 3.58. The van der Waals surface area contributed by atoms with Crippen LogP contribution in [0.4, 0.5) is 0 Å². The average Bonchev–Trinajstić information content (AvgIpc) is 2.89. The van der Waals surface area contributed by atoms with Gasteiger partial charge in [0, 0.05) is 32.0 Å². The first-order valence-corrected chi connectivity index (χ1v) is 7.61. The zero-order chi connectivity index (χ0) is 14.8. The van der Waals surface area contributed by atoms with Crippen LogP contribution in [0.25, 0.3) is 11.0 Å². The number of amides is 1. The topological polar surface area (TPSA) is 75.0 Å². The normalized spacial score (nSPS) is 19.1. The maximum absolute atomic E-state index is 12.2. The molecule has 3 rings (SSSR count). The van der Waals surface area contributed by atoms with Gasteiger partial charge in [0.15, 0.2) is 0 Å². The number of nitrogens with one attached hydrogen (secondary N) is 1. The van der Waals surface area contributed by atoms with Gasteiger partial charge in [-0.1, -0.05) is 12.1 Å². The molecule has 0 unspecified atom stereocenters. The van der Waals surface area contributed by atoms with Crippen molar-refractivity contribution >= 4 is 16.9 Å². The highest BCUT2D eigenvalue weighted by Gasteiger charge is 2.21. The van der Waals surface area contributed by atoms with E-state index < -0.39 is 0 Å². The zero-order valence-electron chi connectivity index (χ0n) is 12.4. The Morgan fingerprint density at radius 2 is 2.38 bits per heavy atom. The van der Waals surface area contributed by atoms with E-state index in [2.05, 4.69) is 9.97 Å². The minimum atomic E-state index is 0.136. The van der Waals surface area contributed by atoms with Crippen LogP contribution >= 0.6 is 0 Å². The second kappa shape index (κ2) is 5.85. The molecule has 112 valence electrons. The van der Waals surface area contributed by atoms with Gasteiger partial charge in [0.25, 0.3) is 0 Å². The Kier molecular flexibility index (Phi) is 3.92. The molecular formula is C16H22N4O. The molecule has 1 saturated heterocycles. The molecule has 1 amide bonds. The molecule has 5 heteroatoms. The molecule has 2 heterocycles. The van der Waals surface area contributed by atoms with Gasteiger partial charge in [0.05, 0.1) is 11.0 Å². The van der Waals surface area contributed by atoms with Crippen molar-refractivity contribution in [3.8, 4) is 0 Å². The Bertz CT molecular complexity index is 649. The molecule has 0 bridgehead atoms. The highest BCUT2D eigenvalue weighted by atomic mass is 16.2. The minimum absolute atomic E-state index is 0.136. The molecule has 5 nitrogen and oxygen atoms in total. The molecule has 1 aromatic heterocycles. The molecule has 0 aliphatic carbocycles. The third-order valence-electron chi connectivity index (χ3n) is 4.15. The molecule has 1 fully saturated rings. The van der Waals surface area contributed by atoms with Gasteiger partial charge in [-0.2, -0.15) is 0 Å². The smallest absolute Gasteiger partial charge is 0.223 e. The van der Waals surface area contributed by atoms with Crippen molar-refractivity contribution in [3.05, 3.63) is 29.6 Å². The first-order valence-electron chi connectivity index (χ1n) is 7.61. The van der Waals surface area contributed by atoms with Gasteiger partial charge in [-0.3, -0.25) is 4.79 Å². The number of aryl methyl sites for hydroxylation is 2. The van der Waals surface area contributed by atoms with E-state index in [9.17, 15) is 4.79 Å². The van der Waals surface area contributed by atoms with Crippen LogP contribution in [0.5, 0.6) is 0 Å². The summed E-state index contributed by atoms with van der Waals surface area (Å²) in [7, 11) is 0. The van der Waals surface area contributed by atoms with Crippen LogP contribution in [0.3, 0.4) is 0 Å². The summed E-state index contributed by atoms with van der Waals surface area (Å²) in [5.41, 5.74) is 9.12.